The van der Waals surface area contributed by atoms with Crippen LogP contribution >= 0.6 is 0 Å². The van der Waals surface area contributed by atoms with E-state index < -0.39 is 5.97 Å². The first-order valence-electron chi connectivity index (χ1n) is 6.31. The number of aromatic nitrogens is 1. The predicted octanol–water partition coefficient (Wildman–Crippen LogP) is 1.91. The average Bonchev–Trinajstić information content (AvgIpc) is 2.34. The Balaban J connectivity index is 2.41. The van der Waals surface area contributed by atoms with Gasteiger partial charge in [0.1, 0.15) is 0 Å². The monoisotopic (exact) mass is 250 g/mol. The Hall–Kier alpha value is -1.42. The molecule has 0 saturated heterocycles. The highest BCUT2D eigenvalue weighted by Gasteiger charge is 2.22. The van der Waals surface area contributed by atoms with Crippen LogP contribution in [0, 0.1) is 11.8 Å². The molecule has 4 nitrogen and oxygen atoms in total. The number of carboxylic acid groups (broad SMARTS) is 1. The Morgan fingerprint density at radius 3 is 2.72 bits per heavy atom. The largest absolute Gasteiger partial charge is 0.481 e. The van der Waals surface area contributed by atoms with Crippen molar-refractivity contribution in [2.75, 3.05) is 20.1 Å². The molecule has 0 amide bonds. The minimum absolute atomic E-state index is 0.156. The number of carbonyl (C=O) groups is 1. The van der Waals surface area contributed by atoms with Crippen LogP contribution in [0.1, 0.15) is 19.4 Å². The van der Waals surface area contributed by atoms with Gasteiger partial charge in [0.2, 0.25) is 0 Å². The minimum atomic E-state index is -0.710. The van der Waals surface area contributed by atoms with Gasteiger partial charge < -0.3 is 10.0 Å². The van der Waals surface area contributed by atoms with E-state index in [-0.39, 0.29) is 11.8 Å². The standard InChI is InChI=1S/C14H22N2O2/c1-11(2)13(14(17)18)10-16(3)8-6-12-5-4-7-15-9-12/h4-5,7,9,11,13H,6,8,10H2,1-3H3,(H,17,18). The van der Waals surface area contributed by atoms with Crippen LogP contribution in [-0.2, 0) is 11.2 Å². The van der Waals surface area contributed by atoms with Crippen molar-refractivity contribution < 1.29 is 9.90 Å². The fourth-order valence-electron chi connectivity index (χ4n) is 1.87. The second-order valence-corrected chi connectivity index (χ2v) is 5.06. The van der Waals surface area contributed by atoms with Crippen LogP contribution < -0.4 is 0 Å². The molecule has 0 aliphatic heterocycles. The molecular formula is C14H22N2O2. The molecular weight excluding hydrogens is 228 g/mol. The highest BCUT2D eigenvalue weighted by Crippen LogP contribution is 2.12. The Morgan fingerprint density at radius 2 is 2.22 bits per heavy atom. The molecule has 1 N–H and O–H groups in total. The highest BCUT2D eigenvalue weighted by atomic mass is 16.4. The summed E-state index contributed by atoms with van der Waals surface area (Å²) in [5.41, 5.74) is 1.18. The molecule has 1 heterocycles. The second kappa shape index (κ2) is 7.11. The number of hydrogen-bond donors (Lipinski definition) is 1. The molecule has 0 aromatic carbocycles. The molecule has 4 heteroatoms. The third-order valence-electron chi connectivity index (χ3n) is 3.14. The topological polar surface area (TPSA) is 53.4 Å². The third kappa shape index (κ3) is 4.84. The quantitative estimate of drug-likeness (QED) is 0.803. The van der Waals surface area contributed by atoms with Gasteiger partial charge in [-0.1, -0.05) is 19.9 Å². The molecule has 1 unspecified atom stereocenters. The molecule has 0 fully saturated rings. The van der Waals surface area contributed by atoms with Crippen LogP contribution in [0.4, 0.5) is 0 Å². The van der Waals surface area contributed by atoms with Crippen molar-refractivity contribution in [2.24, 2.45) is 11.8 Å². The zero-order valence-electron chi connectivity index (χ0n) is 11.3. The lowest BCUT2D eigenvalue weighted by Gasteiger charge is -2.23. The van der Waals surface area contributed by atoms with E-state index in [1.54, 1.807) is 6.20 Å². The third-order valence-corrected chi connectivity index (χ3v) is 3.14. The van der Waals surface area contributed by atoms with Crippen LogP contribution in [0.25, 0.3) is 0 Å². The first-order chi connectivity index (χ1) is 8.50. The minimum Gasteiger partial charge on any atom is -0.481 e. The lowest BCUT2D eigenvalue weighted by Crippen LogP contribution is -2.34. The summed E-state index contributed by atoms with van der Waals surface area (Å²) in [5.74, 6) is -0.856. The van der Waals surface area contributed by atoms with Crippen molar-refractivity contribution in [1.82, 2.24) is 9.88 Å². The number of pyridine rings is 1. The lowest BCUT2D eigenvalue weighted by atomic mass is 9.95. The summed E-state index contributed by atoms with van der Waals surface area (Å²) in [7, 11) is 1.97. The van der Waals surface area contributed by atoms with Crippen molar-refractivity contribution in [3.8, 4) is 0 Å². The van der Waals surface area contributed by atoms with E-state index in [2.05, 4.69) is 9.88 Å². The summed E-state index contributed by atoms with van der Waals surface area (Å²) < 4.78 is 0. The van der Waals surface area contributed by atoms with Gasteiger partial charge in [0.15, 0.2) is 0 Å². The van der Waals surface area contributed by atoms with Gasteiger partial charge in [-0.3, -0.25) is 9.78 Å². The molecule has 0 aliphatic carbocycles. The lowest BCUT2D eigenvalue weighted by molar-refractivity contribution is -0.143. The van der Waals surface area contributed by atoms with Crippen LogP contribution in [0.3, 0.4) is 0 Å². The predicted molar refractivity (Wildman–Crippen MR) is 71.4 cm³/mol. The Morgan fingerprint density at radius 1 is 1.50 bits per heavy atom. The van der Waals surface area contributed by atoms with Crippen molar-refractivity contribution >= 4 is 5.97 Å². The first-order valence-corrected chi connectivity index (χ1v) is 6.31. The number of nitrogens with zero attached hydrogens (tertiary/aromatic N) is 2. The molecule has 0 spiro atoms. The number of hydrogen-bond acceptors (Lipinski definition) is 3. The van der Waals surface area contributed by atoms with Crippen LogP contribution in [0.15, 0.2) is 24.5 Å². The molecule has 0 bridgehead atoms. The van der Waals surface area contributed by atoms with Gasteiger partial charge in [-0.2, -0.15) is 0 Å². The zero-order chi connectivity index (χ0) is 13.5. The Bertz CT molecular complexity index is 365. The van der Waals surface area contributed by atoms with E-state index in [9.17, 15) is 4.79 Å². The maximum atomic E-state index is 11.1. The zero-order valence-corrected chi connectivity index (χ0v) is 11.3. The van der Waals surface area contributed by atoms with Crippen LogP contribution in [-0.4, -0.2) is 41.1 Å². The average molecular weight is 250 g/mol. The van der Waals surface area contributed by atoms with Gasteiger partial charge in [-0.05, 0) is 31.0 Å². The van der Waals surface area contributed by atoms with Gasteiger partial charge in [0.05, 0.1) is 5.92 Å². The fourth-order valence-corrected chi connectivity index (χ4v) is 1.87. The molecule has 0 aliphatic rings. The summed E-state index contributed by atoms with van der Waals surface area (Å²) in [5, 5.41) is 9.14. The molecule has 1 aromatic rings. The Kier molecular flexibility index (Phi) is 5.78. The summed E-state index contributed by atoms with van der Waals surface area (Å²) in [6.07, 6.45) is 4.51. The maximum Gasteiger partial charge on any atom is 0.308 e. The second-order valence-electron chi connectivity index (χ2n) is 5.06. The molecule has 18 heavy (non-hydrogen) atoms. The van der Waals surface area contributed by atoms with E-state index >= 15 is 0 Å². The van der Waals surface area contributed by atoms with Gasteiger partial charge in [-0.25, -0.2) is 0 Å². The number of carboxylic acids is 1. The first kappa shape index (κ1) is 14.6. The van der Waals surface area contributed by atoms with Crippen LogP contribution in [0.5, 0.6) is 0 Å². The van der Waals surface area contributed by atoms with Crippen molar-refractivity contribution in [3.05, 3.63) is 30.1 Å². The maximum absolute atomic E-state index is 11.1. The van der Waals surface area contributed by atoms with E-state index in [0.29, 0.717) is 6.54 Å². The van der Waals surface area contributed by atoms with E-state index in [1.165, 1.54) is 5.56 Å². The van der Waals surface area contributed by atoms with Crippen molar-refractivity contribution in [1.29, 1.82) is 0 Å². The van der Waals surface area contributed by atoms with Crippen LogP contribution in [0.2, 0.25) is 0 Å². The summed E-state index contributed by atoms with van der Waals surface area (Å²) in [4.78, 5) is 17.3. The van der Waals surface area contributed by atoms with E-state index in [4.69, 9.17) is 5.11 Å². The van der Waals surface area contributed by atoms with Gasteiger partial charge in [0, 0.05) is 25.5 Å². The summed E-state index contributed by atoms with van der Waals surface area (Å²) in [6, 6.07) is 3.96. The smallest absolute Gasteiger partial charge is 0.308 e. The number of likely N-dealkylation sites (N-methyl/N-ethyl adjacent to an activating group) is 1. The molecule has 1 rings (SSSR count). The molecule has 1 atom stereocenters. The molecule has 0 radical (unpaired) electrons. The van der Waals surface area contributed by atoms with E-state index in [1.807, 2.05) is 39.2 Å². The van der Waals surface area contributed by atoms with Crippen molar-refractivity contribution in [3.63, 3.8) is 0 Å². The summed E-state index contributed by atoms with van der Waals surface area (Å²) >= 11 is 0. The number of aliphatic carboxylic acids is 1. The van der Waals surface area contributed by atoms with Gasteiger partial charge in [0.25, 0.3) is 0 Å². The van der Waals surface area contributed by atoms with Gasteiger partial charge >= 0.3 is 5.97 Å². The summed E-state index contributed by atoms with van der Waals surface area (Å²) in [6.45, 7) is 5.34. The highest BCUT2D eigenvalue weighted by molar-refractivity contribution is 5.70. The Labute approximate surface area is 109 Å². The normalized spacial score (nSPS) is 12.9. The van der Waals surface area contributed by atoms with E-state index in [0.717, 1.165) is 13.0 Å². The molecule has 1 aromatic heterocycles. The van der Waals surface area contributed by atoms with Gasteiger partial charge in [-0.15, -0.1) is 0 Å². The molecule has 0 saturated carbocycles. The molecule has 100 valence electrons. The fraction of sp³-hybridized carbons (Fsp3) is 0.571. The SMILES string of the molecule is CC(C)C(CN(C)CCc1cccnc1)C(=O)O. The van der Waals surface area contributed by atoms with Crippen molar-refractivity contribution in [2.45, 2.75) is 20.3 Å². The number of rotatable bonds is 7.